The van der Waals surface area contributed by atoms with Crippen LogP contribution in [-0.2, 0) is 33.6 Å². The number of hydrogen-bond donors (Lipinski definition) is 3. The Morgan fingerprint density at radius 3 is 1.58 bits per heavy atom. The van der Waals surface area contributed by atoms with Gasteiger partial charge in [0.2, 0.25) is 0 Å². The van der Waals surface area contributed by atoms with E-state index < -0.39 is 17.9 Å². The molecule has 2 rings (SSSR count). The zero-order valence-corrected chi connectivity index (χ0v) is 12.7. The quantitative estimate of drug-likeness (QED) is 0.718. The van der Waals surface area contributed by atoms with Gasteiger partial charge in [0.15, 0.2) is 0 Å². The van der Waals surface area contributed by atoms with Crippen LogP contribution in [0.25, 0.3) is 11.1 Å². The molecule has 0 amide bonds. The van der Waals surface area contributed by atoms with Crippen LogP contribution in [0.1, 0.15) is 16.7 Å². The molecule has 2 aromatic rings. The molecule has 0 bridgehead atoms. The van der Waals surface area contributed by atoms with Crippen molar-refractivity contribution >= 4 is 17.9 Å². The molecule has 0 atom stereocenters. The van der Waals surface area contributed by atoms with Crippen LogP contribution in [0.15, 0.2) is 42.5 Å². The van der Waals surface area contributed by atoms with Gasteiger partial charge in [0.05, 0.1) is 19.3 Å². The van der Waals surface area contributed by atoms with Crippen molar-refractivity contribution in [3.8, 4) is 11.1 Å². The maximum absolute atomic E-state index is 10.9. The lowest BCUT2D eigenvalue weighted by molar-refractivity contribution is -0.137. The second-order valence-corrected chi connectivity index (χ2v) is 5.45. The van der Waals surface area contributed by atoms with Gasteiger partial charge < -0.3 is 15.3 Å². The van der Waals surface area contributed by atoms with Crippen LogP contribution in [0.3, 0.4) is 0 Å². The minimum Gasteiger partial charge on any atom is -0.481 e. The highest BCUT2D eigenvalue weighted by molar-refractivity contribution is 5.76. The summed E-state index contributed by atoms with van der Waals surface area (Å²) in [6.45, 7) is 0. The van der Waals surface area contributed by atoms with E-state index in [1.54, 1.807) is 42.5 Å². The third-order valence-corrected chi connectivity index (χ3v) is 3.38. The summed E-state index contributed by atoms with van der Waals surface area (Å²) in [7, 11) is 0. The molecule has 24 heavy (non-hydrogen) atoms. The van der Waals surface area contributed by atoms with Gasteiger partial charge in [-0.15, -0.1) is 0 Å². The third-order valence-electron chi connectivity index (χ3n) is 3.38. The Hall–Kier alpha value is -3.15. The van der Waals surface area contributed by atoms with Crippen LogP contribution in [0.2, 0.25) is 0 Å². The Morgan fingerprint density at radius 2 is 1.08 bits per heavy atom. The molecule has 0 unspecified atom stereocenters. The first-order valence-corrected chi connectivity index (χ1v) is 7.21. The molecule has 0 aliphatic rings. The number of carboxylic acid groups (broad SMARTS) is 3. The van der Waals surface area contributed by atoms with Crippen LogP contribution in [0, 0.1) is 0 Å². The lowest BCUT2D eigenvalue weighted by atomic mass is 9.95. The lowest BCUT2D eigenvalue weighted by Gasteiger charge is -2.09. The van der Waals surface area contributed by atoms with Gasteiger partial charge in [-0.2, -0.15) is 0 Å². The number of benzene rings is 2. The normalized spacial score (nSPS) is 10.3. The van der Waals surface area contributed by atoms with Crippen LogP contribution in [-0.4, -0.2) is 33.2 Å². The van der Waals surface area contributed by atoms with Crippen LogP contribution in [0.5, 0.6) is 0 Å². The molecule has 0 aromatic heterocycles. The highest BCUT2D eigenvalue weighted by atomic mass is 16.4. The highest BCUT2D eigenvalue weighted by Crippen LogP contribution is 2.24. The van der Waals surface area contributed by atoms with E-state index >= 15 is 0 Å². The largest absolute Gasteiger partial charge is 0.481 e. The molecule has 0 aliphatic heterocycles. The second kappa shape index (κ2) is 7.41. The molecule has 6 nitrogen and oxygen atoms in total. The fraction of sp³-hybridized carbons (Fsp3) is 0.167. The zero-order chi connectivity index (χ0) is 17.7. The SMILES string of the molecule is O=C(O)Cc1cccc(-c2cc(CC(=O)O)cc(CC(=O)O)c2)c1. The standard InChI is InChI=1S/C18H16O6/c19-16(20)8-11-2-1-3-14(5-11)15-6-12(9-17(21)22)4-13(7-15)10-18(23)24/h1-7H,8-10H2,(H,19,20)(H,21,22)(H,23,24). The molecular formula is C18H16O6. The summed E-state index contributed by atoms with van der Waals surface area (Å²) in [4.78, 5) is 32.7. The van der Waals surface area contributed by atoms with Gasteiger partial charge in [0, 0.05) is 0 Å². The topological polar surface area (TPSA) is 112 Å². The van der Waals surface area contributed by atoms with Crippen LogP contribution < -0.4 is 0 Å². The smallest absolute Gasteiger partial charge is 0.307 e. The predicted molar refractivity (Wildman–Crippen MR) is 85.9 cm³/mol. The van der Waals surface area contributed by atoms with Crippen molar-refractivity contribution in [1.82, 2.24) is 0 Å². The van der Waals surface area contributed by atoms with Crippen molar-refractivity contribution in [2.24, 2.45) is 0 Å². The van der Waals surface area contributed by atoms with E-state index in [4.69, 9.17) is 15.3 Å². The molecule has 2 aromatic carbocycles. The number of hydrogen-bond acceptors (Lipinski definition) is 3. The molecule has 0 spiro atoms. The first-order valence-electron chi connectivity index (χ1n) is 7.21. The lowest BCUT2D eigenvalue weighted by Crippen LogP contribution is -2.04. The van der Waals surface area contributed by atoms with Crippen molar-refractivity contribution in [3.63, 3.8) is 0 Å². The summed E-state index contributed by atoms with van der Waals surface area (Å²) in [6, 6.07) is 11.8. The van der Waals surface area contributed by atoms with Gasteiger partial charge in [0.1, 0.15) is 0 Å². The van der Waals surface area contributed by atoms with Crippen LogP contribution >= 0.6 is 0 Å². The van der Waals surface area contributed by atoms with Gasteiger partial charge in [-0.05, 0) is 27.8 Å². The minimum atomic E-state index is -1.01. The minimum absolute atomic E-state index is 0.120. The van der Waals surface area contributed by atoms with Gasteiger partial charge in [-0.3, -0.25) is 14.4 Å². The average molecular weight is 328 g/mol. The van der Waals surface area contributed by atoms with E-state index in [9.17, 15) is 14.4 Å². The first-order chi connectivity index (χ1) is 11.3. The first kappa shape index (κ1) is 17.2. The third kappa shape index (κ3) is 4.95. The fourth-order valence-electron chi connectivity index (χ4n) is 2.52. The monoisotopic (exact) mass is 328 g/mol. The van der Waals surface area contributed by atoms with Crippen molar-refractivity contribution in [1.29, 1.82) is 0 Å². The van der Waals surface area contributed by atoms with Crippen molar-refractivity contribution in [2.45, 2.75) is 19.3 Å². The summed E-state index contributed by atoms with van der Waals surface area (Å²) in [5, 5.41) is 26.8. The van der Waals surface area contributed by atoms with E-state index in [1.165, 1.54) is 0 Å². The predicted octanol–water partition coefficient (Wildman–Crippen LogP) is 2.23. The molecule has 3 N–H and O–H groups in total. The molecule has 6 heteroatoms. The summed E-state index contributed by atoms with van der Waals surface area (Å²) in [5.74, 6) is -2.96. The van der Waals surface area contributed by atoms with Gasteiger partial charge in [-0.1, -0.05) is 42.5 Å². The summed E-state index contributed by atoms with van der Waals surface area (Å²) >= 11 is 0. The van der Waals surface area contributed by atoms with E-state index in [1.807, 2.05) is 0 Å². The Kier molecular flexibility index (Phi) is 5.31. The molecule has 0 radical (unpaired) electrons. The Labute approximate surface area is 138 Å². The van der Waals surface area contributed by atoms with Crippen molar-refractivity contribution < 1.29 is 29.7 Å². The molecule has 0 heterocycles. The maximum Gasteiger partial charge on any atom is 0.307 e. The Balaban J connectivity index is 2.45. The molecular weight excluding hydrogens is 312 g/mol. The molecule has 124 valence electrons. The molecule has 0 saturated heterocycles. The number of carboxylic acids is 3. The van der Waals surface area contributed by atoms with E-state index in [0.717, 1.165) is 0 Å². The highest BCUT2D eigenvalue weighted by Gasteiger charge is 2.10. The summed E-state index contributed by atoms with van der Waals surface area (Å²) in [6.07, 6.45) is -0.546. The van der Waals surface area contributed by atoms with Gasteiger partial charge in [-0.25, -0.2) is 0 Å². The van der Waals surface area contributed by atoms with Crippen LogP contribution in [0.4, 0.5) is 0 Å². The van der Waals surface area contributed by atoms with Gasteiger partial charge in [0.25, 0.3) is 0 Å². The molecule has 0 saturated carbocycles. The van der Waals surface area contributed by atoms with Gasteiger partial charge >= 0.3 is 17.9 Å². The second-order valence-electron chi connectivity index (χ2n) is 5.45. The summed E-state index contributed by atoms with van der Waals surface area (Å²) in [5.41, 5.74) is 2.99. The maximum atomic E-state index is 10.9. The zero-order valence-electron chi connectivity index (χ0n) is 12.7. The fourth-order valence-corrected chi connectivity index (χ4v) is 2.52. The van der Waals surface area contributed by atoms with E-state index in [0.29, 0.717) is 27.8 Å². The van der Waals surface area contributed by atoms with E-state index in [2.05, 4.69) is 0 Å². The summed E-state index contributed by atoms with van der Waals surface area (Å²) < 4.78 is 0. The van der Waals surface area contributed by atoms with E-state index in [-0.39, 0.29) is 19.3 Å². The Bertz CT molecular complexity index is 760. The Morgan fingerprint density at radius 1 is 0.625 bits per heavy atom. The number of aliphatic carboxylic acids is 3. The van der Waals surface area contributed by atoms with Crippen molar-refractivity contribution in [3.05, 3.63) is 59.2 Å². The average Bonchev–Trinajstić information content (AvgIpc) is 2.45. The number of rotatable bonds is 7. The molecule has 0 aliphatic carbocycles. The molecule has 0 fully saturated rings. The number of carbonyl (C=O) groups is 3. The van der Waals surface area contributed by atoms with Crippen molar-refractivity contribution in [2.75, 3.05) is 0 Å².